The van der Waals surface area contributed by atoms with Crippen LogP contribution in [0.4, 0.5) is 19.2 Å². The summed E-state index contributed by atoms with van der Waals surface area (Å²) in [6, 6.07) is 0. The molecule has 132 valence electrons. The monoisotopic (exact) mass is 346 g/mol. The van der Waals surface area contributed by atoms with Gasteiger partial charge in [-0.2, -0.15) is 0 Å². The lowest BCUT2D eigenvalue weighted by molar-refractivity contribution is 0.0169. The molecule has 0 rings (SSSR count). The van der Waals surface area contributed by atoms with E-state index in [-0.39, 0.29) is 0 Å². The Balaban J connectivity index is 4.81. The summed E-state index contributed by atoms with van der Waals surface area (Å²) in [6.45, 7) is 5.14. The maximum Gasteiger partial charge on any atom is 0.454 e. The van der Waals surface area contributed by atoms with Crippen molar-refractivity contribution in [3.63, 3.8) is 0 Å². The number of carbonyl (C=O) groups is 4. The third-order valence-corrected chi connectivity index (χ3v) is 1.64. The predicted molar refractivity (Wildman–Crippen MR) is 71.7 cm³/mol. The molecule has 4 amide bonds. The van der Waals surface area contributed by atoms with Gasteiger partial charge in [-0.05, 0) is 27.7 Å². The van der Waals surface area contributed by atoms with Crippen LogP contribution in [0.25, 0.3) is 0 Å². The van der Waals surface area contributed by atoms with Crippen LogP contribution in [0.1, 0.15) is 27.7 Å². The van der Waals surface area contributed by atoms with Crippen molar-refractivity contribution in [3.8, 4) is 0 Å². The van der Waals surface area contributed by atoms with E-state index in [9.17, 15) is 19.2 Å². The number of hydrogen-bond donors (Lipinski definition) is 2. The average Bonchev–Trinajstić information content (AvgIpc) is 2.40. The van der Waals surface area contributed by atoms with Crippen molar-refractivity contribution in [2.75, 3.05) is 0 Å². The molecule has 0 saturated carbocycles. The van der Waals surface area contributed by atoms with E-state index in [1.54, 1.807) is 0 Å². The summed E-state index contributed by atoms with van der Waals surface area (Å²) in [6.07, 6.45) is -6.03. The van der Waals surface area contributed by atoms with Crippen molar-refractivity contribution < 1.29 is 38.9 Å². The van der Waals surface area contributed by atoms with Gasteiger partial charge >= 0.3 is 24.4 Å². The van der Waals surface area contributed by atoms with Gasteiger partial charge in [0.05, 0.1) is 0 Å². The van der Waals surface area contributed by atoms with Crippen molar-refractivity contribution in [2.45, 2.75) is 39.1 Å². The van der Waals surface area contributed by atoms with Crippen molar-refractivity contribution in [1.82, 2.24) is 0 Å². The van der Waals surface area contributed by atoms with Gasteiger partial charge in [-0.25, -0.2) is 19.2 Å². The van der Waals surface area contributed by atoms with Gasteiger partial charge in [0.15, 0.2) is 0 Å². The minimum atomic E-state index is -1.69. The summed E-state index contributed by atoms with van der Waals surface area (Å²) in [5.74, 6) is 0. The van der Waals surface area contributed by atoms with E-state index in [1.807, 2.05) is 0 Å². The Labute approximate surface area is 134 Å². The van der Waals surface area contributed by atoms with Crippen LogP contribution in [0.5, 0.6) is 0 Å². The van der Waals surface area contributed by atoms with Gasteiger partial charge in [0.25, 0.3) is 0 Å². The maximum absolute atomic E-state index is 11.2. The fourth-order valence-electron chi connectivity index (χ4n) is 0.917. The van der Waals surface area contributed by atoms with Crippen LogP contribution in [0, 0.1) is 0 Å². The van der Waals surface area contributed by atoms with Gasteiger partial charge in [0.1, 0.15) is 0 Å². The molecule has 0 aromatic carbocycles. The molecule has 14 heteroatoms. The fourth-order valence-corrected chi connectivity index (χ4v) is 0.917. The molecule has 2 N–H and O–H groups in total. The number of carbonyl (C=O) groups excluding carboxylic acids is 2. The van der Waals surface area contributed by atoms with E-state index in [2.05, 4.69) is 40.2 Å². The van der Waals surface area contributed by atoms with Crippen LogP contribution in [-0.4, -0.2) is 46.0 Å². The van der Waals surface area contributed by atoms with Crippen molar-refractivity contribution >= 4 is 24.4 Å². The van der Waals surface area contributed by atoms with Crippen molar-refractivity contribution in [1.29, 1.82) is 0 Å². The highest BCUT2D eigenvalue weighted by Crippen LogP contribution is 2.19. The molecular weight excluding hydrogens is 332 g/mol. The first kappa shape index (κ1) is 20.7. The molecule has 0 aromatic rings. The smallest absolute Gasteiger partial charge is 0.454 e. The zero-order chi connectivity index (χ0) is 19.0. The van der Waals surface area contributed by atoms with Gasteiger partial charge in [-0.15, -0.1) is 10.2 Å². The minimum absolute atomic E-state index is 1.28. The zero-order valence-corrected chi connectivity index (χ0v) is 13.0. The number of ether oxygens (including phenoxy) is 2. The van der Waals surface area contributed by atoms with Crippen LogP contribution in [0.3, 0.4) is 0 Å². The van der Waals surface area contributed by atoms with E-state index in [0.717, 1.165) is 0 Å². The Morgan fingerprint density at radius 2 is 0.958 bits per heavy atom. The molecule has 0 spiro atoms. The normalized spacial score (nSPS) is 12.7. The van der Waals surface area contributed by atoms with E-state index in [4.69, 9.17) is 10.2 Å². The number of amides is 4. The van der Waals surface area contributed by atoms with Crippen LogP contribution < -0.4 is 0 Å². The second kappa shape index (κ2) is 8.35. The minimum Gasteiger partial charge on any atom is -0.462 e. The Kier molecular flexibility index (Phi) is 7.19. The molecule has 24 heavy (non-hydrogen) atoms. The van der Waals surface area contributed by atoms with Gasteiger partial charge in [0.2, 0.25) is 11.4 Å². The molecule has 0 aliphatic carbocycles. The molecule has 0 unspecified atom stereocenters. The van der Waals surface area contributed by atoms with Crippen LogP contribution in [0.15, 0.2) is 30.7 Å². The molecule has 0 fully saturated rings. The van der Waals surface area contributed by atoms with Gasteiger partial charge in [0, 0.05) is 0 Å². The lowest BCUT2D eigenvalue weighted by Crippen LogP contribution is -2.28. The molecular formula is C10H14N6O8. The molecule has 0 heterocycles. The highest BCUT2D eigenvalue weighted by molar-refractivity contribution is 5.72. The average molecular weight is 346 g/mol. The second-order valence-corrected chi connectivity index (χ2v) is 4.79. The molecule has 0 aliphatic rings. The molecule has 0 radical (unpaired) electrons. The third-order valence-electron chi connectivity index (χ3n) is 1.64. The fraction of sp³-hybridized carbons (Fsp3) is 0.600. The van der Waals surface area contributed by atoms with E-state index >= 15 is 0 Å². The Morgan fingerprint density at radius 1 is 0.667 bits per heavy atom. The van der Waals surface area contributed by atoms with Gasteiger partial charge in [-0.3, -0.25) is 0 Å². The molecule has 0 saturated heterocycles. The molecule has 0 atom stereocenters. The summed E-state index contributed by atoms with van der Waals surface area (Å²) in [5.41, 5.74) is -3.16. The summed E-state index contributed by atoms with van der Waals surface area (Å²) < 4.78 is 9.37. The van der Waals surface area contributed by atoms with E-state index in [0.29, 0.717) is 0 Å². The number of azo groups is 3. The Hall–Kier alpha value is -3.32. The number of carboxylic acid groups (broad SMARTS) is 2. The van der Waals surface area contributed by atoms with Crippen LogP contribution in [-0.2, 0) is 9.47 Å². The summed E-state index contributed by atoms with van der Waals surface area (Å²) >= 11 is 0. The lowest BCUT2D eigenvalue weighted by atomic mass is 10.3. The first-order valence-corrected chi connectivity index (χ1v) is 6.02. The van der Waals surface area contributed by atoms with Crippen molar-refractivity contribution in [3.05, 3.63) is 0 Å². The number of hydrogen-bond acceptors (Lipinski definition) is 8. The second-order valence-electron chi connectivity index (χ2n) is 4.79. The summed E-state index contributed by atoms with van der Waals surface area (Å²) in [5, 5.41) is 34.2. The third kappa shape index (κ3) is 10.4. The highest BCUT2D eigenvalue weighted by Gasteiger charge is 2.27. The highest BCUT2D eigenvalue weighted by atomic mass is 16.6. The molecule has 0 aromatic heterocycles. The summed E-state index contributed by atoms with van der Waals surface area (Å²) in [4.78, 5) is 42.6. The molecule has 0 bridgehead atoms. The summed E-state index contributed by atoms with van der Waals surface area (Å²) in [7, 11) is 0. The molecule has 14 nitrogen and oxygen atoms in total. The lowest BCUT2D eigenvalue weighted by Gasteiger charge is -2.21. The molecule has 0 aliphatic heterocycles. The quantitative estimate of drug-likeness (QED) is 0.719. The van der Waals surface area contributed by atoms with Gasteiger partial charge < -0.3 is 19.7 Å². The Bertz CT molecular complexity index is 556. The number of nitrogens with zero attached hydrogens (tertiary/aromatic N) is 6. The first-order chi connectivity index (χ1) is 10.8. The SMILES string of the molecule is CC(C)(/N=N/C(C)(C)OC(=O)/N=N/C(=O)O)OC(=O)/N=N/C(=O)O. The largest absolute Gasteiger partial charge is 0.462 e. The van der Waals surface area contributed by atoms with Crippen LogP contribution in [0.2, 0.25) is 0 Å². The van der Waals surface area contributed by atoms with Gasteiger partial charge in [-0.1, -0.05) is 20.5 Å². The standard InChI is InChI=1S/C10H14N6O8/c1-9(2,23-7(21)13-11-5(17)18)15-16-10(3,4)24-8(22)14-12-6(19)20/h1-4H3,(H,17,18)(H,19,20)/b13-11+,14-12+,16-15+. The maximum atomic E-state index is 11.2. The number of rotatable bonds is 4. The van der Waals surface area contributed by atoms with Crippen molar-refractivity contribution in [2.24, 2.45) is 30.7 Å². The van der Waals surface area contributed by atoms with Crippen LogP contribution >= 0.6 is 0 Å². The van der Waals surface area contributed by atoms with E-state index in [1.165, 1.54) is 27.7 Å². The zero-order valence-electron chi connectivity index (χ0n) is 13.0. The van der Waals surface area contributed by atoms with E-state index < -0.39 is 35.8 Å². The predicted octanol–water partition coefficient (Wildman–Crippen LogP) is 3.44. The topological polar surface area (TPSA) is 201 Å². The Morgan fingerprint density at radius 3 is 1.21 bits per heavy atom. The first-order valence-electron chi connectivity index (χ1n) is 6.02.